The summed E-state index contributed by atoms with van der Waals surface area (Å²) in [5.41, 5.74) is 2.62. The number of fused-ring (bicyclic) bond motifs is 1. The minimum absolute atomic E-state index is 0.375. The first-order valence-electron chi connectivity index (χ1n) is 5.25. The van der Waals surface area contributed by atoms with Gasteiger partial charge in [0.1, 0.15) is 5.37 Å². The number of aromatic nitrogens is 1. The highest BCUT2D eigenvalue weighted by molar-refractivity contribution is 8.00. The van der Waals surface area contributed by atoms with Crippen LogP contribution in [0, 0.1) is 0 Å². The summed E-state index contributed by atoms with van der Waals surface area (Å²) in [5.74, 6) is 0. The molecule has 2 aromatic rings. The van der Waals surface area contributed by atoms with Crippen LogP contribution in [0.3, 0.4) is 0 Å². The minimum atomic E-state index is 0.375. The third kappa shape index (κ3) is 1.48. The Morgan fingerprint density at radius 2 is 1.88 bits per heavy atom. The molecule has 0 N–H and O–H groups in total. The number of rotatable bonds is 1. The van der Waals surface area contributed by atoms with E-state index in [1.807, 2.05) is 24.2 Å². The van der Waals surface area contributed by atoms with Crippen molar-refractivity contribution < 1.29 is 0 Å². The third-order valence-electron chi connectivity index (χ3n) is 2.83. The Bertz CT molecular complexity index is 498. The van der Waals surface area contributed by atoms with E-state index >= 15 is 0 Å². The highest BCUT2D eigenvalue weighted by Crippen LogP contribution is 2.49. The highest BCUT2D eigenvalue weighted by atomic mass is 32.2. The Balaban J connectivity index is 1.99. The SMILES string of the molecule is CN1c2ccccc2S[C@H]1c1ccncc1. The number of nitrogens with zero attached hydrogens (tertiary/aromatic N) is 2. The van der Waals surface area contributed by atoms with Gasteiger partial charge in [0.2, 0.25) is 0 Å². The smallest absolute Gasteiger partial charge is 0.105 e. The van der Waals surface area contributed by atoms with Crippen molar-refractivity contribution >= 4 is 17.4 Å². The van der Waals surface area contributed by atoms with E-state index in [4.69, 9.17) is 0 Å². The van der Waals surface area contributed by atoms with Crippen LogP contribution in [-0.4, -0.2) is 12.0 Å². The predicted octanol–water partition coefficient (Wildman–Crippen LogP) is 3.32. The zero-order valence-corrected chi connectivity index (χ0v) is 9.82. The molecule has 80 valence electrons. The Labute approximate surface area is 99.3 Å². The maximum absolute atomic E-state index is 4.06. The number of hydrogen-bond acceptors (Lipinski definition) is 3. The van der Waals surface area contributed by atoms with Crippen molar-refractivity contribution in [2.24, 2.45) is 0 Å². The molecule has 1 aromatic carbocycles. The van der Waals surface area contributed by atoms with Gasteiger partial charge in [-0.05, 0) is 29.8 Å². The summed E-state index contributed by atoms with van der Waals surface area (Å²) in [4.78, 5) is 7.73. The lowest BCUT2D eigenvalue weighted by Gasteiger charge is -2.21. The first-order valence-corrected chi connectivity index (χ1v) is 6.12. The van der Waals surface area contributed by atoms with Crippen molar-refractivity contribution in [3.8, 4) is 0 Å². The molecule has 2 nitrogen and oxygen atoms in total. The van der Waals surface area contributed by atoms with Crippen LogP contribution in [0.15, 0.2) is 53.7 Å². The van der Waals surface area contributed by atoms with Gasteiger partial charge in [0, 0.05) is 24.3 Å². The number of pyridine rings is 1. The lowest BCUT2D eigenvalue weighted by atomic mass is 10.2. The Hall–Kier alpha value is -1.48. The maximum atomic E-state index is 4.06. The van der Waals surface area contributed by atoms with Crippen LogP contribution in [-0.2, 0) is 0 Å². The van der Waals surface area contributed by atoms with Gasteiger partial charge in [-0.2, -0.15) is 0 Å². The van der Waals surface area contributed by atoms with Gasteiger partial charge in [-0.25, -0.2) is 0 Å². The lowest BCUT2D eigenvalue weighted by Crippen LogP contribution is -2.16. The molecule has 1 atom stereocenters. The zero-order chi connectivity index (χ0) is 11.0. The molecule has 1 aliphatic heterocycles. The fourth-order valence-corrected chi connectivity index (χ4v) is 3.29. The van der Waals surface area contributed by atoms with Crippen LogP contribution in [0.2, 0.25) is 0 Å². The van der Waals surface area contributed by atoms with Crippen LogP contribution in [0.5, 0.6) is 0 Å². The fraction of sp³-hybridized carbons (Fsp3) is 0.154. The minimum Gasteiger partial charge on any atom is -0.357 e. The van der Waals surface area contributed by atoms with Crippen LogP contribution < -0.4 is 4.90 Å². The molecule has 3 rings (SSSR count). The van der Waals surface area contributed by atoms with Crippen LogP contribution >= 0.6 is 11.8 Å². The maximum Gasteiger partial charge on any atom is 0.105 e. The second kappa shape index (κ2) is 3.83. The van der Waals surface area contributed by atoms with Gasteiger partial charge in [-0.3, -0.25) is 4.98 Å². The topological polar surface area (TPSA) is 16.1 Å². The van der Waals surface area contributed by atoms with Crippen LogP contribution in [0.1, 0.15) is 10.9 Å². The average molecular weight is 228 g/mol. The van der Waals surface area contributed by atoms with E-state index < -0.39 is 0 Å². The predicted molar refractivity (Wildman–Crippen MR) is 67.7 cm³/mol. The van der Waals surface area contributed by atoms with E-state index in [0.29, 0.717) is 5.37 Å². The quantitative estimate of drug-likeness (QED) is 0.745. The molecule has 16 heavy (non-hydrogen) atoms. The molecule has 0 saturated carbocycles. The zero-order valence-electron chi connectivity index (χ0n) is 9.00. The van der Waals surface area contributed by atoms with E-state index in [0.717, 1.165) is 0 Å². The molecule has 1 aromatic heterocycles. The van der Waals surface area contributed by atoms with Crippen molar-refractivity contribution in [3.63, 3.8) is 0 Å². The largest absolute Gasteiger partial charge is 0.357 e. The first-order chi connectivity index (χ1) is 7.86. The summed E-state index contributed by atoms with van der Waals surface area (Å²) in [7, 11) is 2.14. The normalized spacial score (nSPS) is 18.6. The Morgan fingerprint density at radius 3 is 2.62 bits per heavy atom. The van der Waals surface area contributed by atoms with E-state index in [1.54, 1.807) is 0 Å². The second-order valence-electron chi connectivity index (χ2n) is 3.83. The van der Waals surface area contributed by atoms with Crippen LogP contribution in [0.25, 0.3) is 0 Å². The van der Waals surface area contributed by atoms with Crippen molar-refractivity contribution in [2.45, 2.75) is 10.3 Å². The van der Waals surface area contributed by atoms with Gasteiger partial charge in [-0.15, -0.1) is 0 Å². The van der Waals surface area contributed by atoms with Gasteiger partial charge in [0.05, 0.1) is 5.69 Å². The van der Waals surface area contributed by atoms with E-state index in [-0.39, 0.29) is 0 Å². The van der Waals surface area contributed by atoms with Gasteiger partial charge >= 0.3 is 0 Å². The van der Waals surface area contributed by atoms with E-state index in [1.165, 1.54) is 16.1 Å². The number of thioether (sulfide) groups is 1. The molecule has 2 heterocycles. The summed E-state index contributed by atoms with van der Waals surface area (Å²) >= 11 is 1.90. The molecule has 0 bridgehead atoms. The molecule has 0 radical (unpaired) electrons. The van der Waals surface area contributed by atoms with Gasteiger partial charge in [-0.1, -0.05) is 23.9 Å². The lowest BCUT2D eigenvalue weighted by molar-refractivity contribution is 0.910. The first kappa shape index (κ1) is 9.73. The van der Waals surface area contributed by atoms with Gasteiger partial charge in [0.25, 0.3) is 0 Å². The van der Waals surface area contributed by atoms with Crippen molar-refractivity contribution in [1.82, 2.24) is 4.98 Å². The Morgan fingerprint density at radius 1 is 1.12 bits per heavy atom. The summed E-state index contributed by atoms with van der Waals surface area (Å²) in [5, 5.41) is 0.375. The van der Waals surface area contributed by atoms with Crippen molar-refractivity contribution in [1.29, 1.82) is 0 Å². The number of para-hydroxylation sites is 1. The summed E-state index contributed by atoms with van der Waals surface area (Å²) in [6.45, 7) is 0. The molecule has 0 unspecified atom stereocenters. The molecule has 0 spiro atoms. The van der Waals surface area contributed by atoms with Crippen LogP contribution in [0.4, 0.5) is 5.69 Å². The third-order valence-corrected chi connectivity index (χ3v) is 4.24. The molecule has 0 fully saturated rings. The standard InChI is InChI=1S/C13H12N2S/c1-15-11-4-2-3-5-12(11)16-13(15)10-6-8-14-9-7-10/h2-9,13H,1H3/t13-/m0/s1. The summed E-state index contributed by atoms with van der Waals surface area (Å²) < 4.78 is 0. The summed E-state index contributed by atoms with van der Waals surface area (Å²) in [6.07, 6.45) is 3.71. The highest BCUT2D eigenvalue weighted by Gasteiger charge is 2.27. The Kier molecular flexibility index (Phi) is 2.33. The molecule has 0 aliphatic carbocycles. The van der Waals surface area contributed by atoms with E-state index in [9.17, 15) is 0 Å². The second-order valence-corrected chi connectivity index (χ2v) is 4.95. The molecular formula is C13H12N2S. The monoisotopic (exact) mass is 228 g/mol. The molecule has 0 amide bonds. The molecule has 0 saturated heterocycles. The average Bonchev–Trinajstić information content (AvgIpc) is 2.69. The molecular weight excluding hydrogens is 216 g/mol. The number of hydrogen-bond donors (Lipinski definition) is 0. The molecule has 3 heteroatoms. The van der Waals surface area contributed by atoms with Crippen molar-refractivity contribution in [2.75, 3.05) is 11.9 Å². The van der Waals surface area contributed by atoms with E-state index in [2.05, 4.69) is 53.3 Å². The van der Waals surface area contributed by atoms with Crippen molar-refractivity contribution in [3.05, 3.63) is 54.4 Å². The van der Waals surface area contributed by atoms with Gasteiger partial charge < -0.3 is 4.90 Å². The number of anilines is 1. The number of benzene rings is 1. The summed E-state index contributed by atoms with van der Waals surface area (Å²) in [6, 6.07) is 12.7. The molecule has 1 aliphatic rings. The fourth-order valence-electron chi connectivity index (χ4n) is 1.99. The van der Waals surface area contributed by atoms with Gasteiger partial charge in [0.15, 0.2) is 0 Å².